The van der Waals surface area contributed by atoms with Gasteiger partial charge in [0.15, 0.2) is 6.04 Å². The van der Waals surface area contributed by atoms with Gasteiger partial charge in [0, 0.05) is 23.7 Å². The zero-order valence-corrected chi connectivity index (χ0v) is 22.5. The summed E-state index contributed by atoms with van der Waals surface area (Å²) in [5, 5.41) is 17.6. The van der Waals surface area contributed by atoms with Gasteiger partial charge in [0.1, 0.15) is 17.4 Å². The van der Waals surface area contributed by atoms with E-state index in [1.165, 1.54) is 12.1 Å². The maximum absolute atomic E-state index is 13.7. The molecule has 3 aromatic carbocycles. The third-order valence-corrected chi connectivity index (χ3v) is 5.80. The van der Waals surface area contributed by atoms with Gasteiger partial charge in [-0.1, -0.05) is 55.0 Å². The number of amides is 4. The fraction of sp³-hybridized carbons (Fsp3) is 0.267. The molecule has 2 atom stereocenters. The molecule has 0 aliphatic rings. The Morgan fingerprint density at radius 3 is 2.30 bits per heavy atom. The lowest BCUT2D eigenvalue weighted by molar-refractivity contribution is -0.137. The van der Waals surface area contributed by atoms with Crippen LogP contribution in [0.4, 0.5) is 10.5 Å². The van der Waals surface area contributed by atoms with Crippen LogP contribution in [0.5, 0.6) is 5.75 Å². The Hall–Kier alpha value is -5.04. The first-order chi connectivity index (χ1) is 18.9. The normalized spacial score (nSPS) is 12.4. The molecule has 10 nitrogen and oxygen atoms in total. The average Bonchev–Trinajstić information content (AvgIpc) is 2.88. The fourth-order valence-corrected chi connectivity index (χ4v) is 4.02. The van der Waals surface area contributed by atoms with Crippen LogP contribution in [-0.4, -0.2) is 45.5 Å². The number of para-hydroxylation sites is 1. The van der Waals surface area contributed by atoms with Gasteiger partial charge in [-0.25, -0.2) is 4.79 Å². The summed E-state index contributed by atoms with van der Waals surface area (Å²) in [5.74, 6) is -2.57. The molecule has 10 heteroatoms. The Bertz CT molecular complexity index is 1460. The molecule has 3 rings (SSSR count). The van der Waals surface area contributed by atoms with E-state index in [-0.39, 0.29) is 24.2 Å². The Morgan fingerprint density at radius 1 is 1.02 bits per heavy atom. The van der Waals surface area contributed by atoms with Gasteiger partial charge in [0.25, 0.3) is 11.8 Å². The van der Waals surface area contributed by atoms with Crippen LogP contribution in [0, 0.1) is 12.5 Å². The van der Waals surface area contributed by atoms with Crippen molar-refractivity contribution in [3.8, 4) is 18.2 Å². The highest BCUT2D eigenvalue weighted by Gasteiger charge is 2.37. The van der Waals surface area contributed by atoms with Crippen molar-refractivity contribution in [2.75, 3.05) is 5.32 Å². The molecule has 0 spiro atoms. The van der Waals surface area contributed by atoms with Gasteiger partial charge >= 0.3 is 6.09 Å². The van der Waals surface area contributed by atoms with Gasteiger partial charge in [-0.05, 0) is 56.2 Å². The van der Waals surface area contributed by atoms with Gasteiger partial charge in [-0.2, -0.15) is 0 Å². The predicted octanol–water partition coefficient (Wildman–Crippen LogP) is 3.80. The number of nitrogens with zero attached hydrogens (tertiary/aromatic N) is 1. The molecule has 0 aliphatic carbocycles. The standard InChI is InChI=1S/C30H32N4O6/c1-5-34(28(38)23(16-17-25(31)36)33-29(39)40-30(2,3)4)26(22-12-8-9-13-24(22)35)27(37)32-21-15-14-19-10-6-7-11-20(19)18-21/h1,6-15,18,23,26,35H,16-17H2,2-4H3,(H2,31,36)(H,32,37)(H,33,39). The highest BCUT2D eigenvalue weighted by Crippen LogP contribution is 2.31. The van der Waals surface area contributed by atoms with Gasteiger partial charge in [-0.3, -0.25) is 19.3 Å². The summed E-state index contributed by atoms with van der Waals surface area (Å²) in [5.41, 5.74) is 4.90. The third kappa shape index (κ3) is 7.74. The summed E-state index contributed by atoms with van der Waals surface area (Å²) in [6.45, 7) is 4.93. The van der Waals surface area contributed by atoms with Gasteiger partial charge in [-0.15, -0.1) is 0 Å². The first kappa shape index (κ1) is 29.5. The number of primary amides is 1. The van der Waals surface area contributed by atoms with E-state index in [0.717, 1.165) is 15.7 Å². The van der Waals surface area contributed by atoms with E-state index >= 15 is 0 Å². The zero-order valence-electron chi connectivity index (χ0n) is 22.5. The third-order valence-electron chi connectivity index (χ3n) is 5.80. The van der Waals surface area contributed by atoms with Crippen molar-refractivity contribution in [2.45, 2.75) is 51.3 Å². The molecule has 208 valence electrons. The van der Waals surface area contributed by atoms with E-state index in [0.29, 0.717) is 5.69 Å². The van der Waals surface area contributed by atoms with E-state index in [9.17, 15) is 24.3 Å². The first-order valence-corrected chi connectivity index (χ1v) is 12.5. The second kappa shape index (κ2) is 12.7. The molecule has 40 heavy (non-hydrogen) atoms. The fourth-order valence-electron chi connectivity index (χ4n) is 4.02. The maximum Gasteiger partial charge on any atom is 0.408 e. The van der Waals surface area contributed by atoms with Crippen LogP contribution in [-0.2, 0) is 19.1 Å². The highest BCUT2D eigenvalue weighted by atomic mass is 16.6. The summed E-state index contributed by atoms with van der Waals surface area (Å²) in [7, 11) is 0. The Labute approximate surface area is 232 Å². The smallest absolute Gasteiger partial charge is 0.408 e. The van der Waals surface area contributed by atoms with Gasteiger partial charge in [0.2, 0.25) is 5.91 Å². The van der Waals surface area contributed by atoms with Crippen LogP contribution in [0.2, 0.25) is 0 Å². The minimum atomic E-state index is -1.50. The van der Waals surface area contributed by atoms with Gasteiger partial charge in [0.05, 0.1) is 0 Å². The Morgan fingerprint density at radius 2 is 1.68 bits per heavy atom. The van der Waals surface area contributed by atoms with Crippen molar-refractivity contribution >= 4 is 40.3 Å². The van der Waals surface area contributed by atoms with Crippen molar-refractivity contribution in [3.63, 3.8) is 0 Å². The summed E-state index contributed by atoms with van der Waals surface area (Å²) < 4.78 is 5.26. The quantitative estimate of drug-likeness (QED) is 0.238. The number of hydrogen-bond acceptors (Lipinski definition) is 6. The number of phenols is 1. The summed E-state index contributed by atoms with van der Waals surface area (Å²) >= 11 is 0. The van der Waals surface area contributed by atoms with E-state index in [1.807, 2.05) is 30.3 Å². The highest BCUT2D eigenvalue weighted by molar-refractivity contribution is 6.01. The summed E-state index contributed by atoms with van der Waals surface area (Å²) in [4.78, 5) is 52.2. The molecule has 2 unspecified atom stereocenters. The predicted molar refractivity (Wildman–Crippen MR) is 151 cm³/mol. The number of carbonyl (C=O) groups is 4. The lowest BCUT2D eigenvalue weighted by atomic mass is 10.0. The molecular weight excluding hydrogens is 512 g/mol. The minimum Gasteiger partial charge on any atom is -0.508 e. The van der Waals surface area contributed by atoms with Gasteiger partial charge < -0.3 is 26.2 Å². The lowest BCUT2D eigenvalue weighted by Crippen LogP contribution is -2.51. The number of benzene rings is 3. The van der Waals surface area contributed by atoms with Crippen LogP contribution in [0.1, 0.15) is 45.2 Å². The number of aromatic hydroxyl groups is 1. The molecule has 3 aromatic rings. The van der Waals surface area contributed by atoms with Crippen molar-refractivity contribution in [1.82, 2.24) is 10.2 Å². The molecular formula is C30H32N4O6. The first-order valence-electron chi connectivity index (χ1n) is 12.5. The van der Waals surface area contributed by atoms with Crippen LogP contribution in [0.15, 0.2) is 66.7 Å². The molecule has 0 aliphatic heterocycles. The molecule has 0 bridgehead atoms. The molecule has 4 amide bonds. The topological polar surface area (TPSA) is 151 Å². The Kier molecular flexibility index (Phi) is 9.35. The second-order valence-corrected chi connectivity index (χ2v) is 10.1. The number of nitrogens with two attached hydrogens (primary N) is 1. The SMILES string of the molecule is C#CN(C(=O)C(CCC(N)=O)NC(=O)OC(C)(C)C)C(C(=O)Nc1ccc2ccccc2c1)c1ccccc1O. The summed E-state index contributed by atoms with van der Waals surface area (Å²) in [6, 6.07) is 18.2. The largest absolute Gasteiger partial charge is 0.508 e. The minimum absolute atomic E-state index is 0.0537. The van der Waals surface area contributed by atoms with Crippen LogP contribution >= 0.6 is 0 Å². The second-order valence-electron chi connectivity index (χ2n) is 10.1. The number of phenolic OH excluding ortho intramolecular Hbond substituents is 1. The van der Waals surface area contributed by atoms with E-state index in [2.05, 4.69) is 16.7 Å². The molecule has 0 heterocycles. The number of hydrogen-bond donors (Lipinski definition) is 4. The number of rotatable bonds is 9. The van der Waals surface area contributed by atoms with E-state index < -0.39 is 41.5 Å². The molecule has 0 saturated carbocycles. The van der Waals surface area contributed by atoms with Crippen molar-refractivity contribution in [3.05, 3.63) is 72.3 Å². The summed E-state index contributed by atoms with van der Waals surface area (Å²) in [6.07, 6.45) is 4.37. The number of anilines is 1. The average molecular weight is 545 g/mol. The number of alkyl carbamates (subject to hydrolysis) is 1. The molecule has 0 fully saturated rings. The molecule has 5 N–H and O–H groups in total. The number of nitrogens with one attached hydrogen (secondary N) is 2. The molecule has 0 aromatic heterocycles. The monoisotopic (exact) mass is 544 g/mol. The van der Waals surface area contributed by atoms with E-state index in [1.54, 1.807) is 45.0 Å². The zero-order chi connectivity index (χ0) is 29.4. The van der Waals surface area contributed by atoms with Crippen molar-refractivity contribution < 1.29 is 29.0 Å². The number of carbonyl (C=O) groups excluding carboxylic acids is 4. The Balaban J connectivity index is 1.98. The number of terminal acetylenes is 1. The van der Waals surface area contributed by atoms with Crippen molar-refractivity contribution in [1.29, 1.82) is 0 Å². The maximum atomic E-state index is 13.7. The molecule has 0 saturated heterocycles. The van der Waals surface area contributed by atoms with Crippen LogP contribution in [0.25, 0.3) is 10.8 Å². The van der Waals surface area contributed by atoms with Crippen LogP contribution in [0.3, 0.4) is 0 Å². The molecule has 0 radical (unpaired) electrons. The number of ether oxygens (including phenoxy) is 1. The number of fused-ring (bicyclic) bond motifs is 1. The van der Waals surface area contributed by atoms with Crippen LogP contribution < -0.4 is 16.4 Å². The van der Waals surface area contributed by atoms with Crippen molar-refractivity contribution in [2.24, 2.45) is 5.73 Å². The lowest BCUT2D eigenvalue weighted by Gasteiger charge is -2.30. The van der Waals surface area contributed by atoms with E-state index in [4.69, 9.17) is 16.9 Å².